The first-order chi connectivity index (χ1) is 10.7. The van der Waals surface area contributed by atoms with E-state index in [2.05, 4.69) is 5.32 Å². The highest BCUT2D eigenvalue weighted by molar-refractivity contribution is 5.83. The second kappa shape index (κ2) is 8.57. The predicted octanol–water partition coefficient (Wildman–Crippen LogP) is 2.87. The van der Waals surface area contributed by atoms with Gasteiger partial charge in [-0.05, 0) is 18.4 Å². The third kappa shape index (κ3) is 5.17. The topological polar surface area (TPSA) is 49.4 Å². The number of carbonyl (C=O) groups excluding carboxylic acids is 2. The average molecular weight is 302 g/mol. The number of benzene rings is 1. The zero-order valence-corrected chi connectivity index (χ0v) is 13.4. The minimum Gasteiger partial charge on any atom is -0.350 e. The fraction of sp³-hybridized carbons (Fsp3) is 0.556. The van der Waals surface area contributed by atoms with Crippen LogP contribution < -0.4 is 5.32 Å². The Bertz CT molecular complexity index is 479. The molecule has 0 aliphatic heterocycles. The van der Waals surface area contributed by atoms with Gasteiger partial charge in [-0.1, -0.05) is 56.0 Å². The molecular formula is C18H26N2O2. The van der Waals surface area contributed by atoms with Gasteiger partial charge in [0.1, 0.15) is 0 Å². The Kier molecular flexibility index (Phi) is 6.44. The van der Waals surface area contributed by atoms with Crippen molar-refractivity contribution in [1.29, 1.82) is 0 Å². The predicted molar refractivity (Wildman–Crippen MR) is 87.2 cm³/mol. The molecule has 22 heavy (non-hydrogen) atoms. The molecule has 0 saturated heterocycles. The van der Waals surface area contributed by atoms with Crippen LogP contribution in [0.25, 0.3) is 0 Å². The Hall–Kier alpha value is -1.84. The van der Waals surface area contributed by atoms with E-state index in [-0.39, 0.29) is 24.4 Å². The van der Waals surface area contributed by atoms with Gasteiger partial charge in [0, 0.05) is 19.5 Å². The lowest BCUT2D eigenvalue weighted by Crippen LogP contribution is -2.45. The molecule has 0 unspecified atom stereocenters. The van der Waals surface area contributed by atoms with Crippen LogP contribution in [0.3, 0.4) is 0 Å². The molecule has 1 aromatic carbocycles. The molecule has 0 spiro atoms. The highest BCUT2D eigenvalue weighted by Gasteiger charge is 2.24. The molecule has 1 N–H and O–H groups in total. The lowest BCUT2D eigenvalue weighted by molar-refractivity contribution is -0.136. The van der Waals surface area contributed by atoms with Gasteiger partial charge in [0.15, 0.2) is 0 Å². The van der Waals surface area contributed by atoms with Crippen molar-refractivity contribution in [2.45, 2.75) is 58.0 Å². The van der Waals surface area contributed by atoms with Gasteiger partial charge >= 0.3 is 0 Å². The van der Waals surface area contributed by atoms with E-state index >= 15 is 0 Å². The van der Waals surface area contributed by atoms with Crippen LogP contribution in [0.4, 0.5) is 0 Å². The maximum Gasteiger partial charge on any atom is 0.239 e. The molecule has 2 amide bonds. The van der Waals surface area contributed by atoms with Crippen molar-refractivity contribution in [3.63, 3.8) is 0 Å². The summed E-state index contributed by atoms with van der Waals surface area (Å²) in [6.45, 7) is 2.25. The molecular weight excluding hydrogens is 276 g/mol. The number of nitrogens with zero attached hydrogens (tertiary/aromatic N) is 1. The normalized spacial score (nSPS) is 15.9. The highest BCUT2D eigenvalue weighted by Crippen LogP contribution is 2.21. The third-order valence-corrected chi connectivity index (χ3v) is 4.32. The van der Waals surface area contributed by atoms with Gasteiger partial charge < -0.3 is 10.2 Å². The summed E-state index contributed by atoms with van der Waals surface area (Å²) in [4.78, 5) is 25.8. The van der Waals surface area contributed by atoms with Gasteiger partial charge in [-0.2, -0.15) is 0 Å². The van der Waals surface area contributed by atoms with E-state index in [9.17, 15) is 9.59 Å². The third-order valence-electron chi connectivity index (χ3n) is 4.32. The van der Waals surface area contributed by atoms with Crippen molar-refractivity contribution >= 4 is 11.8 Å². The average Bonchev–Trinajstić information content (AvgIpc) is 2.80. The summed E-state index contributed by atoms with van der Waals surface area (Å²) in [5.74, 6) is -0.0786. The summed E-state index contributed by atoms with van der Waals surface area (Å²) in [5.41, 5.74) is 1.07. The van der Waals surface area contributed by atoms with E-state index in [4.69, 9.17) is 0 Å². The molecule has 0 radical (unpaired) electrons. The Morgan fingerprint density at radius 1 is 1.09 bits per heavy atom. The van der Waals surface area contributed by atoms with Crippen molar-refractivity contribution in [1.82, 2.24) is 10.2 Å². The van der Waals surface area contributed by atoms with Gasteiger partial charge in [0.05, 0.1) is 6.54 Å². The molecule has 2 rings (SSSR count). The van der Waals surface area contributed by atoms with E-state index in [0.29, 0.717) is 6.54 Å². The SMILES string of the molecule is CC(=O)N(CC(=O)NCc1ccccc1)C1CCCCCC1. The minimum absolute atomic E-state index is 0.00163. The molecule has 0 atom stereocenters. The number of amides is 2. The lowest BCUT2D eigenvalue weighted by Gasteiger charge is -2.29. The zero-order valence-electron chi connectivity index (χ0n) is 13.4. The molecule has 1 fully saturated rings. The summed E-state index contributed by atoms with van der Waals surface area (Å²) >= 11 is 0. The molecule has 0 aromatic heterocycles. The van der Waals surface area contributed by atoms with Crippen LogP contribution in [0.15, 0.2) is 30.3 Å². The Balaban J connectivity index is 1.87. The van der Waals surface area contributed by atoms with Crippen LogP contribution in [-0.4, -0.2) is 29.3 Å². The van der Waals surface area contributed by atoms with Crippen LogP contribution >= 0.6 is 0 Å². The number of hydrogen-bond donors (Lipinski definition) is 1. The van der Waals surface area contributed by atoms with E-state index in [1.807, 2.05) is 30.3 Å². The monoisotopic (exact) mass is 302 g/mol. The van der Waals surface area contributed by atoms with Crippen molar-refractivity contribution < 1.29 is 9.59 Å². The van der Waals surface area contributed by atoms with Gasteiger partial charge in [-0.15, -0.1) is 0 Å². The molecule has 0 bridgehead atoms. The first-order valence-corrected chi connectivity index (χ1v) is 8.24. The first kappa shape index (κ1) is 16.5. The van der Waals surface area contributed by atoms with Crippen LogP contribution in [-0.2, 0) is 16.1 Å². The summed E-state index contributed by atoms with van der Waals surface area (Å²) < 4.78 is 0. The molecule has 1 aromatic rings. The smallest absolute Gasteiger partial charge is 0.239 e. The van der Waals surface area contributed by atoms with E-state index in [1.165, 1.54) is 12.8 Å². The van der Waals surface area contributed by atoms with Crippen molar-refractivity contribution in [3.05, 3.63) is 35.9 Å². The number of rotatable bonds is 5. The summed E-state index contributed by atoms with van der Waals surface area (Å²) in [5, 5.41) is 2.91. The Morgan fingerprint density at radius 3 is 2.32 bits per heavy atom. The second-order valence-electron chi connectivity index (χ2n) is 6.05. The van der Waals surface area contributed by atoms with Crippen LogP contribution in [0.2, 0.25) is 0 Å². The summed E-state index contributed by atoms with van der Waals surface area (Å²) in [6, 6.07) is 10.0. The van der Waals surface area contributed by atoms with E-state index < -0.39 is 0 Å². The van der Waals surface area contributed by atoms with Gasteiger partial charge in [0.25, 0.3) is 0 Å². The molecule has 120 valence electrons. The fourth-order valence-corrected chi connectivity index (χ4v) is 3.07. The number of carbonyl (C=O) groups is 2. The Morgan fingerprint density at radius 2 is 1.73 bits per heavy atom. The van der Waals surface area contributed by atoms with E-state index in [1.54, 1.807) is 11.8 Å². The fourth-order valence-electron chi connectivity index (χ4n) is 3.07. The number of hydrogen-bond acceptors (Lipinski definition) is 2. The maximum atomic E-state index is 12.2. The first-order valence-electron chi connectivity index (χ1n) is 8.24. The molecule has 1 aliphatic carbocycles. The Labute approximate surface area is 132 Å². The molecule has 1 aliphatic rings. The molecule has 1 saturated carbocycles. The van der Waals surface area contributed by atoms with Gasteiger partial charge in [-0.25, -0.2) is 0 Å². The second-order valence-corrected chi connectivity index (χ2v) is 6.05. The van der Waals surface area contributed by atoms with Crippen LogP contribution in [0.1, 0.15) is 51.0 Å². The maximum absolute atomic E-state index is 12.2. The molecule has 4 heteroatoms. The quantitative estimate of drug-likeness (QED) is 0.850. The highest BCUT2D eigenvalue weighted by atomic mass is 16.2. The summed E-state index contributed by atoms with van der Waals surface area (Å²) in [7, 11) is 0. The van der Waals surface area contributed by atoms with E-state index in [0.717, 1.165) is 31.2 Å². The van der Waals surface area contributed by atoms with Gasteiger partial charge in [-0.3, -0.25) is 9.59 Å². The van der Waals surface area contributed by atoms with Crippen molar-refractivity contribution in [2.75, 3.05) is 6.54 Å². The van der Waals surface area contributed by atoms with Crippen molar-refractivity contribution in [3.8, 4) is 0 Å². The number of nitrogens with one attached hydrogen (secondary N) is 1. The largest absolute Gasteiger partial charge is 0.350 e. The molecule has 4 nitrogen and oxygen atoms in total. The van der Waals surface area contributed by atoms with Crippen LogP contribution in [0.5, 0.6) is 0 Å². The minimum atomic E-state index is -0.0803. The van der Waals surface area contributed by atoms with Crippen molar-refractivity contribution in [2.24, 2.45) is 0 Å². The lowest BCUT2D eigenvalue weighted by atomic mass is 10.1. The zero-order chi connectivity index (χ0) is 15.8. The van der Waals surface area contributed by atoms with Gasteiger partial charge in [0.2, 0.25) is 11.8 Å². The van der Waals surface area contributed by atoms with Crippen LogP contribution in [0, 0.1) is 0 Å². The standard InChI is InChI=1S/C18H26N2O2/c1-15(21)20(17-11-7-2-3-8-12-17)14-18(22)19-13-16-9-5-4-6-10-16/h4-6,9-10,17H,2-3,7-8,11-14H2,1H3,(H,19,22). The summed E-state index contributed by atoms with van der Waals surface area (Å²) in [6.07, 6.45) is 6.82. The molecule has 0 heterocycles.